The number of carbonyl (C=O) groups is 1. The summed E-state index contributed by atoms with van der Waals surface area (Å²) in [7, 11) is 1.56. The standard InChI is InChI=1S/C21H16F2N2O3/c1-27-15-8-5-14(6-9-15)7-12-18(26)25-17-11-10-16(22)20(23)21(17)28-19-4-2-3-13-24-19/h2-13H,1H3,(H,25,26)/b12-7+. The van der Waals surface area contributed by atoms with E-state index in [2.05, 4.69) is 10.3 Å². The average molecular weight is 382 g/mol. The summed E-state index contributed by atoms with van der Waals surface area (Å²) < 4.78 is 38.2. The second kappa shape index (κ2) is 8.77. The van der Waals surface area contributed by atoms with E-state index in [-0.39, 0.29) is 11.6 Å². The van der Waals surface area contributed by atoms with E-state index in [0.717, 1.165) is 11.6 Å². The van der Waals surface area contributed by atoms with E-state index in [9.17, 15) is 13.6 Å². The Balaban J connectivity index is 1.78. The summed E-state index contributed by atoms with van der Waals surface area (Å²) in [6.07, 6.45) is 4.30. The number of hydrogen-bond acceptors (Lipinski definition) is 4. The van der Waals surface area contributed by atoms with Crippen molar-refractivity contribution in [3.8, 4) is 17.4 Å². The number of nitrogens with zero attached hydrogens (tertiary/aromatic N) is 1. The van der Waals surface area contributed by atoms with E-state index in [1.807, 2.05) is 0 Å². The molecule has 2 aromatic carbocycles. The van der Waals surface area contributed by atoms with Crippen molar-refractivity contribution in [1.29, 1.82) is 0 Å². The summed E-state index contributed by atoms with van der Waals surface area (Å²) in [6.45, 7) is 0. The molecular formula is C21H16F2N2O3. The molecule has 0 aliphatic carbocycles. The van der Waals surface area contributed by atoms with Crippen molar-refractivity contribution >= 4 is 17.7 Å². The molecule has 0 bridgehead atoms. The van der Waals surface area contributed by atoms with Gasteiger partial charge < -0.3 is 14.8 Å². The van der Waals surface area contributed by atoms with E-state index in [1.54, 1.807) is 49.6 Å². The van der Waals surface area contributed by atoms with Crippen LogP contribution in [0.2, 0.25) is 0 Å². The zero-order valence-electron chi connectivity index (χ0n) is 14.9. The molecule has 5 nitrogen and oxygen atoms in total. The molecule has 0 fully saturated rings. The molecule has 1 aromatic heterocycles. The number of carbonyl (C=O) groups excluding carboxylic acids is 1. The number of aromatic nitrogens is 1. The second-order valence-corrected chi connectivity index (χ2v) is 5.60. The van der Waals surface area contributed by atoms with Crippen LogP contribution in [-0.2, 0) is 4.79 Å². The highest BCUT2D eigenvalue weighted by atomic mass is 19.2. The highest BCUT2D eigenvalue weighted by Crippen LogP contribution is 2.33. The van der Waals surface area contributed by atoms with Crippen molar-refractivity contribution in [1.82, 2.24) is 4.98 Å². The van der Waals surface area contributed by atoms with Gasteiger partial charge in [0.1, 0.15) is 5.75 Å². The topological polar surface area (TPSA) is 60.5 Å². The third-order valence-corrected chi connectivity index (χ3v) is 3.70. The number of rotatable bonds is 6. The Morgan fingerprint density at radius 2 is 1.86 bits per heavy atom. The Kier molecular flexibility index (Phi) is 5.96. The lowest BCUT2D eigenvalue weighted by molar-refractivity contribution is -0.111. The van der Waals surface area contributed by atoms with Gasteiger partial charge in [0.05, 0.1) is 12.8 Å². The van der Waals surface area contributed by atoms with Crippen molar-refractivity contribution in [2.45, 2.75) is 0 Å². The van der Waals surface area contributed by atoms with E-state index in [0.29, 0.717) is 5.75 Å². The van der Waals surface area contributed by atoms with Crippen molar-refractivity contribution < 1.29 is 23.0 Å². The van der Waals surface area contributed by atoms with E-state index in [1.165, 1.54) is 24.4 Å². The summed E-state index contributed by atoms with van der Waals surface area (Å²) in [5.41, 5.74) is 0.750. The minimum absolute atomic E-state index is 0.0195. The van der Waals surface area contributed by atoms with Crippen molar-refractivity contribution in [3.63, 3.8) is 0 Å². The van der Waals surface area contributed by atoms with Gasteiger partial charge in [0, 0.05) is 18.3 Å². The molecule has 0 saturated carbocycles. The van der Waals surface area contributed by atoms with Crippen LogP contribution in [0.3, 0.4) is 0 Å². The number of halogens is 2. The number of benzene rings is 2. The molecular weight excluding hydrogens is 366 g/mol. The molecule has 1 amide bonds. The maximum absolute atomic E-state index is 14.2. The third kappa shape index (κ3) is 4.70. The van der Waals surface area contributed by atoms with Crippen LogP contribution in [0.4, 0.5) is 14.5 Å². The van der Waals surface area contributed by atoms with Crippen LogP contribution in [-0.4, -0.2) is 18.0 Å². The summed E-state index contributed by atoms with van der Waals surface area (Å²) in [4.78, 5) is 16.1. The van der Waals surface area contributed by atoms with E-state index < -0.39 is 23.3 Å². The van der Waals surface area contributed by atoms with Gasteiger partial charge in [0.15, 0.2) is 11.6 Å². The molecule has 3 aromatic rings. The van der Waals surface area contributed by atoms with Crippen LogP contribution in [0, 0.1) is 11.6 Å². The molecule has 3 rings (SSSR count). The first-order chi connectivity index (χ1) is 13.6. The number of hydrogen-bond donors (Lipinski definition) is 1. The van der Waals surface area contributed by atoms with E-state index in [4.69, 9.17) is 9.47 Å². The molecule has 0 atom stereocenters. The van der Waals surface area contributed by atoms with Gasteiger partial charge in [-0.05, 0) is 42.0 Å². The molecule has 0 unspecified atom stereocenters. The van der Waals surface area contributed by atoms with Crippen LogP contribution in [0.25, 0.3) is 6.08 Å². The van der Waals surface area contributed by atoms with Crippen molar-refractivity contribution in [2.75, 3.05) is 12.4 Å². The molecule has 7 heteroatoms. The van der Waals surface area contributed by atoms with E-state index >= 15 is 0 Å². The fourth-order valence-corrected chi connectivity index (χ4v) is 2.30. The Bertz CT molecular complexity index is 991. The lowest BCUT2D eigenvalue weighted by Crippen LogP contribution is -2.10. The predicted octanol–water partition coefficient (Wildman–Crippen LogP) is 4.81. The molecule has 0 aliphatic rings. The average Bonchev–Trinajstić information content (AvgIpc) is 2.73. The van der Waals surface area contributed by atoms with Gasteiger partial charge >= 0.3 is 0 Å². The Morgan fingerprint density at radius 1 is 1.07 bits per heavy atom. The Hall–Kier alpha value is -3.74. The van der Waals surface area contributed by atoms with Crippen LogP contribution in [0.5, 0.6) is 17.4 Å². The first-order valence-corrected chi connectivity index (χ1v) is 8.27. The van der Waals surface area contributed by atoms with Crippen molar-refractivity contribution in [3.05, 3.63) is 84.1 Å². The van der Waals surface area contributed by atoms with Gasteiger partial charge in [-0.15, -0.1) is 0 Å². The Morgan fingerprint density at radius 3 is 2.54 bits per heavy atom. The summed E-state index contributed by atoms with van der Waals surface area (Å²) in [5.74, 6) is -2.55. The summed E-state index contributed by atoms with van der Waals surface area (Å²) >= 11 is 0. The molecule has 0 aliphatic heterocycles. The second-order valence-electron chi connectivity index (χ2n) is 5.60. The lowest BCUT2D eigenvalue weighted by Gasteiger charge is -2.12. The van der Waals surface area contributed by atoms with Crippen LogP contribution >= 0.6 is 0 Å². The maximum atomic E-state index is 14.2. The molecule has 142 valence electrons. The molecule has 28 heavy (non-hydrogen) atoms. The van der Waals surface area contributed by atoms with Gasteiger partial charge in [-0.3, -0.25) is 4.79 Å². The fraction of sp³-hybridized carbons (Fsp3) is 0.0476. The monoisotopic (exact) mass is 382 g/mol. The Labute approximate surface area is 160 Å². The largest absolute Gasteiger partial charge is 0.497 e. The summed E-state index contributed by atoms with van der Waals surface area (Å²) in [5, 5.41) is 2.48. The number of pyridine rings is 1. The number of ether oxygens (including phenoxy) is 2. The predicted molar refractivity (Wildman–Crippen MR) is 101 cm³/mol. The minimum atomic E-state index is -1.22. The maximum Gasteiger partial charge on any atom is 0.248 e. The molecule has 1 heterocycles. The minimum Gasteiger partial charge on any atom is -0.497 e. The SMILES string of the molecule is COc1ccc(/C=C/C(=O)Nc2ccc(F)c(F)c2Oc2ccccn2)cc1. The molecule has 0 radical (unpaired) electrons. The first kappa shape index (κ1) is 19.0. The first-order valence-electron chi connectivity index (χ1n) is 8.27. The lowest BCUT2D eigenvalue weighted by atomic mass is 10.2. The highest BCUT2D eigenvalue weighted by molar-refractivity contribution is 6.02. The zero-order valence-corrected chi connectivity index (χ0v) is 14.9. The highest BCUT2D eigenvalue weighted by Gasteiger charge is 2.17. The third-order valence-electron chi connectivity index (χ3n) is 3.70. The van der Waals surface area contributed by atoms with Gasteiger partial charge in [0.25, 0.3) is 0 Å². The molecule has 0 spiro atoms. The zero-order chi connectivity index (χ0) is 19.9. The number of nitrogens with one attached hydrogen (secondary N) is 1. The van der Waals surface area contributed by atoms with Crippen LogP contribution in [0.15, 0.2) is 66.9 Å². The number of anilines is 1. The normalized spacial score (nSPS) is 10.7. The molecule has 0 saturated heterocycles. The quantitative estimate of drug-likeness (QED) is 0.622. The number of methoxy groups -OCH3 is 1. The number of amides is 1. The fourth-order valence-electron chi connectivity index (χ4n) is 2.30. The van der Waals surface area contributed by atoms with Crippen molar-refractivity contribution in [2.24, 2.45) is 0 Å². The van der Waals surface area contributed by atoms with Crippen LogP contribution in [0.1, 0.15) is 5.56 Å². The van der Waals surface area contributed by atoms with Gasteiger partial charge in [-0.1, -0.05) is 18.2 Å². The van der Waals surface area contributed by atoms with Crippen LogP contribution < -0.4 is 14.8 Å². The van der Waals surface area contributed by atoms with Gasteiger partial charge in [-0.2, -0.15) is 4.39 Å². The van der Waals surface area contributed by atoms with Gasteiger partial charge in [-0.25, -0.2) is 9.37 Å². The molecule has 1 N–H and O–H groups in total. The summed E-state index contributed by atoms with van der Waals surface area (Å²) in [6, 6.07) is 14.0. The smallest absolute Gasteiger partial charge is 0.248 e. The van der Waals surface area contributed by atoms with Gasteiger partial charge in [0.2, 0.25) is 17.6 Å².